The lowest BCUT2D eigenvalue weighted by Crippen LogP contribution is -1.98. The number of halogens is 1. The normalized spacial score (nSPS) is 10.9. The minimum Gasteiger partial charge on any atom is -0.476 e. The predicted molar refractivity (Wildman–Crippen MR) is 65.4 cm³/mol. The van der Waals surface area contributed by atoms with E-state index < -0.39 is 5.97 Å². The van der Waals surface area contributed by atoms with Gasteiger partial charge in [0, 0.05) is 24.0 Å². The fraction of sp³-hybridized carbons (Fsp3) is 0.273. The van der Waals surface area contributed by atoms with Gasteiger partial charge in [-0.15, -0.1) is 0 Å². The number of aromatic carboxylic acids is 1. The van der Waals surface area contributed by atoms with Crippen LogP contribution in [0.4, 0.5) is 0 Å². The highest BCUT2D eigenvalue weighted by molar-refractivity contribution is 9.10. The maximum atomic E-state index is 10.9. The van der Waals surface area contributed by atoms with E-state index in [0.29, 0.717) is 18.7 Å². The molecular weight excluding hydrogens is 288 g/mol. The summed E-state index contributed by atoms with van der Waals surface area (Å²) >= 11 is 3.38. The predicted octanol–water partition coefficient (Wildman–Crippen LogP) is 1.98. The number of carboxylic acid groups (broad SMARTS) is 1. The number of hydrogen-bond acceptors (Lipinski definition) is 3. The lowest BCUT2D eigenvalue weighted by atomic mass is 10.2. The highest BCUT2D eigenvalue weighted by Gasteiger charge is 2.12. The quantitative estimate of drug-likeness (QED) is 0.937. The van der Waals surface area contributed by atoms with E-state index in [4.69, 9.17) is 9.84 Å². The monoisotopic (exact) mass is 298 g/mol. The highest BCUT2D eigenvalue weighted by atomic mass is 79.9. The lowest BCUT2D eigenvalue weighted by molar-refractivity contribution is 0.0691. The van der Waals surface area contributed by atoms with Gasteiger partial charge in [-0.25, -0.2) is 9.78 Å². The minimum atomic E-state index is -1.03. The van der Waals surface area contributed by atoms with Crippen LogP contribution in [0.1, 0.15) is 16.1 Å². The van der Waals surface area contributed by atoms with E-state index in [1.165, 1.54) is 6.20 Å². The van der Waals surface area contributed by atoms with Crippen LogP contribution in [0.2, 0.25) is 0 Å². The number of ether oxygens (including phenoxy) is 1. The Bertz CT molecular complexity index is 565. The van der Waals surface area contributed by atoms with E-state index >= 15 is 0 Å². The van der Waals surface area contributed by atoms with Crippen LogP contribution in [0.15, 0.2) is 22.9 Å². The molecule has 6 heteroatoms. The number of methoxy groups -OCH3 is 1. The number of hydrogen-bond donors (Lipinski definition) is 1. The number of imidazole rings is 1. The average molecular weight is 299 g/mol. The molecule has 5 nitrogen and oxygen atoms in total. The van der Waals surface area contributed by atoms with Crippen LogP contribution in [-0.4, -0.2) is 34.2 Å². The van der Waals surface area contributed by atoms with E-state index in [2.05, 4.69) is 20.9 Å². The molecule has 0 fully saturated rings. The van der Waals surface area contributed by atoms with Gasteiger partial charge in [-0.1, -0.05) is 0 Å². The SMILES string of the molecule is COCCc1cc(Br)cn2cc(C(=O)O)nc12. The number of rotatable bonds is 4. The summed E-state index contributed by atoms with van der Waals surface area (Å²) in [5.41, 5.74) is 1.65. The Labute approximate surface area is 106 Å². The molecule has 0 saturated heterocycles. The van der Waals surface area contributed by atoms with E-state index in [1.54, 1.807) is 17.7 Å². The Morgan fingerprint density at radius 1 is 1.59 bits per heavy atom. The fourth-order valence-corrected chi connectivity index (χ4v) is 2.13. The second-order valence-electron chi connectivity index (χ2n) is 3.59. The van der Waals surface area contributed by atoms with Crippen LogP contribution in [0.5, 0.6) is 0 Å². The molecule has 0 aliphatic carbocycles. The Kier molecular flexibility index (Phi) is 3.44. The molecule has 2 heterocycles. The molecule has 0 aliphatic heterocycles. The molecule has 0 amide bonds. The van der Waals surface area contributed by atoms with Gasteiger partial charge < -0.3 is 14.2 Å². The molecule has 0 saturated carbocycles. The molecule has 0 spiro atoms. The van der Waals surface area contributed by atoms with E-state index in [0.717, 1.165) is 10.0 Å². The van der Waals surface area contributed by atoms with Crippen LogP contribution in [-0.2, 0) is 11.2 Å². The summed E-state index contributed by atoms with van der Waals surface area (Å²) in [6, 6.07) is 1.92. The second kappa shape index (κ2) is 4.85. The van der Waals surface area contributed by atoms with E-state index in [9.17, 15) is 4.79 Å². The van der Waals surface area contributed by atoms with Crippen molar-refractivity contribution >= 4 is 27.5 Å². The molecule has 2 aromatic rings. The van der Waals surface area contributed by atoms with Crippen molar-refractivity contribution < 1.29 is 14.6 Å². The largest absolute Gasteiger partial charge is 0.476 e. The standard InChI is InChI=1S/C11H11BrN2O3/c1-17-3-2-7-4-8(12)5-14-6-9(11(15)16)13-10(7)14/h4-6H,2-3H2,1H3,(H,15,16). The van der Waals surface area contributed by atoms with E-state index in [1.807, 2.05) is 6.07 Å². The molecular formula is C11H11BrN2O3. The van der Waals surface area contributed by atoms with Gasteiger partial charge in [0.15, 0.2) is 5.69 Å². The van der Waals surface area contributed by atoms with Crippen LogP contribution < -0.4 is 0 Å². The molecule has 0 unspecified atom stereocenters. The summed E-state index contributed by atoms with van der Waals surface area (Å²) in [6.07, 6.45) is 3.97. The van der Waals surface area contributed by atoms with Crippen LogP contribution in [0.3, 0.4) is 0 Å². The summed E-state index contributed by atoms with van der Waals surface area (Å²) in [7, 11) is 1.63. The van der Waals surface area contributed by atoms with Gasteiger partial charge in [-0.05, 0) is 34.0 Å². The molecule has 17 heavy (non-hydrogen) atoms. The molecule has 90 valence electrons. The Hall–Kier alpha value is -1.40. The van der Waals surface area contributed by atoms with Crippen molar-refractivity contribution in [3.05, 3.63) is 34.2 Å². The Morgan fingerprint density at radius 3 is 3.00 bits per heavy atom. The molecule has 0 bridgehead atoms. The molecule has 2 rings (SSSR count). The minimum absolute atomic E-state index is 0.0433. The molecule has 0 radical (unpaired) electrons. The zero-order chi connectivity index (χ0) is 12.4. The maximum absolute atomic E-state index is 10.9. The average Bonchev–Trinajstić information content (AvgIpc) is 2.69. The number of fused-ring (bicyclic) bond motifs is 1. The van der Waals surface area contributed by atoms with Crippen molar-refractivity contribution in [2.24, 2.45) is 0 Å². The van der Waals surface area contributed by atoms with Crippen LogP contribution in [0, 0.1) is 0 Å². The van der Waals surface area contributed by atoms with Gasteiger partial charge in [-0.3, -0.25) is 0 Å². The van der Waals surface area contributed by atoms with Crippen molar-refractivity contribution in [1.82, 2.24) is 9.38 Å². The molecule has 0 aromatic carbocycles. The first-order valence-corrected chi connectivity index (χ1v) is 5.80. The highest BCUT2D eigenvalue weighted by Crippen LogP contribution is 2.18. The summed E-state index contributed by atoms with van der Waals surface area (Å²) in [5.74, 6) is -1.03. The van der Waals surface area contributed by atoms with Crippen molar-refractivity contribution in [1.29, 1.82) is 0 Å². The van der Waals surface area contributed by atoms with Gasteiger partial charge in [0.05, 0.1) is 6.61 Å². The van der Waals surface area contributed by atoms with Gasteiger partial charge in [0.25, 0.3) is 0 Å². The van der Waals surface area contributed by atoms with Crippen molar-refractivity contribution in [2.75, 3.05) is 13.7 Å². The first-order chi connectivity index (χ1) is 8.11. The van der Waals surface area contributed by atoms with Gasteiger partial charge in [0.1, 0.15) is 5.65 Å². The number of aromatic nitrogens is 2. The van der Waals surface area contributed by atoms with E-state index in [-0.39, 0.29) is 5.69 Å². The van der Waals surface area contributed by atoms with Crippen LogP contribution >= 0.6 is 15.9 Å². The van der Waals surface area contributed by atoms with Crippen molar-refractivity contribution in [3.63, 3.8) is 0 Å². The van der Waals surface area contributed by atoms with Gasteiger partial charge in [0.2, 0.25) is 0 Å². The summed E-state index contributed by atoms with van der Waals surface area (Å²) in [6.45, 7) is 0.571. The van der Waals surface area contributed by atoms with Gasteiger partial charge >= 0.3 is 5.97 Å². The zero-order valence-electron chi connectivity index (χ0n) is 9.18. The topological polar surface area (TPSA) is 63.8 Å². The Morgan fingerprint density at radius 2 is 2.35 bits per heavy atom. The zero-order valence-corrected chi connectivity index (χ0v) is 10.8. The first kappa shape index (κ1) is 12.1. The second-order valence-corrected chi connectivity index (χ2v) is 4.50. The summed E-state index contributed by atoms with van der Waals surface area (Å²) < 4.78 is 7.61. The van der Waals surface area contributed by atoms with Crippen molar-refractivity contribution in [3.8, 4) is 0 Å². The van der Waals surface area contributed by atoms with Crippen molar-refractivity contribution in [2.45, 2.75) is 6.42 Å². The third kappa shape index (κ3) is 2.48. The van der Waals surface area contributed by atoms with Crippen LogP contribution in [0.25, 0.3) is 5.65 Å². The number of pyridine rings is 1. The fourth-order valence-electron chi connectivity index (χ4n) is 1.63. The number of carboxylic acids is 1. The third-order valence-corrected chi connectivity index (χ3v) is 2.82. The summed E-state index contributed by atoms with van der Waals surface area (Å²) in [5, 5.41) is 8.91. The molecule has 1 N–H and O–H groups in total. The lowest BCUT2D eigenvalue weighted by Gasteiger charge is -2.04. The summed E-state index contributed by atoms with van der Waals surface area (Å²) in [4.78, 5) is 15.0. The number of nitrogens with zero attached hydrogens (tertiary/aromatic N) is 2. The first-order valence-electron chi connectivity index (χ1n) is 5.01. The molecule has 0 aliphatic rings. The molecule has 0 atom stereocenters. The third-order valence-electron chi connectivity index (χ3n) is 2.39. The smallest absolute Gasteiger partial charge is 0.356 e. The maximum Gasteiger partial charge on any atom is 0.356 e. The number of carbonyl (C=O) groups is 1. The van der Waals surface area contributed by atoms with Gasteiger partial charge in [-0.2, -0.15) is 0 Å². The Balaban J connectivity index is 2.53. The molecule has 2 aromatic heterocycles.